The zero-order valence-electron chi connectivity index (χ0n) is 9.08. The molecule has 0 unspecified atom stereocenters. The maximum atomic E-state index is 5.51. The third-order valence-electron chi connectivity index (χ3n) is 2.42. The summed E-state index contributed by atoms with van der Waals surface area (Å²) in [5.41, 5.74) is 5.51. The van der Waals surface area contributed by atoms with Crippen molar-refractivity contribution in [3.8, 4) is 0 Å². The number of nitrogens with two attached hydrogens (primary N) is 1. The number of aromatic nitrogens is 2. The van der Waals surface area contributed by atoms with E-state index in [-0.39, 0.29) is 0 Å². The second-order valence-electron chi connectivity index (χ2n) is 3.64. The Morgan fingerprint density at radius 2 is 2.21 bits per heavy atom. The predicted octanol–water partition coefficient (Wildman–Crippen LogP) is 1.96. The largest absolute Gasteiger partial charge is 0.335 e. The number of hydrogen-bond donors (Lipinski definition) is 1. The first-order valence-corrected chi connectivity index (χ1v) is 5.58. The van der Waals surface area contributed by atoms with Gasteiger partial charge < -0.3 is 10.3 Å². The fourth-order valence-electron chi connectivity index (χ4n) is 1.61. The van der Waals surface area contributed by atoms with Crippen molar-refractivity contribution < 1.29 is 0 Å². The van der Waals surface area contributed by atoms with Gasteiger partial charge in [0, 0.05) is 25.4 Å². The standard InChI is InChI=1S/C11H21N3/c1-2-3-4-5-9-14-10-8-13-11(14)6-7-12/h8,10H,2-7,9,12H2,1H3. The van der Waals surface area contributed by atoms with Crippen molar-refractivity contribution in [1.29, 1.82) is 0 Å². The highest BCUT2D eigenvalue weighted by molar-refractivity contribution is 4.92. The van der Waals surface area contributed by atoms with Crippen LogP contribution in [0, 0.1) is 0 Å². The van der Waals surface area contributed by atoms with E-state index in [9.17, 15) is 0 Å². The third-order valence-corrected chi connectivity index (χ3v) is 2.42. The summed E-state index contributed by atoms with van der Waals surface area (Å²) in [5, 5.41) is 0. The van der Waals surface area contributed by atoms with Crippen molar-refractivity contribution in [3.05, 3.63) is 18.2 Å². The van der Waals surface area contributed by atoms with Gasteiger partial charge in [-0.3, -0.25) is 0 Å². The van der Waals surface area contributed by atoms with Crippen LogP contribution in [-0.2, 0) is 13.0 Å². The van der Waals surface area contributed by atoms with Gasteiger partial charge in [0.1, 0.15) is 5.82 Å². The van der Waals surface area contributed by atoms with Crippen molar-refractivity contribution in [2.45, 2.75) is 45.6 Å². The van der Waals surface area contributed by atoms with E-state index in [1.807, 2.05) is 6.20 Å². The van der Waals surface area contributed by atoms with Crippen molar-refractivity contribution in [3.63, 3.8) is 0 Å². The average Bonchev–Trinajstić information content (AvgIpc) is 2.61. The second-order valence-corrected chi connectivity index (χ2v) is 3.64. The van der Waals surface area contributed by atoms with Crippen molar-refractivity contribution in [1.82, 2.24) is 9.55 Å². The van der Waals surface area contributed by atoms with Gasteiger partial charge in [0.15, 0.2) is 0 Å². The highest BCUT2D eigenvalue weighted by Crippen LogP contribution is 2.04. The first-order valence-electron chi connectivity index (χ1n) is 5.58. The topological polar surface area (TPSA) is 43.8 Å². The molecule has 3 heteroatoms. The fraction of sp³-hybridized carbons (Fsp3) is 0.727. The Morgan fingerprint density at radius 1 is 1.36 bits per heavy atom. The van der Waals surface area contributed by atoms with Gasteiger partial charge in [-0.1, -0.05) is 26.2 Å². The van der Waals surface area contributed by atoms with Gasteiger partial charge in [0.25, 0.3) is 0 Å². The Balaban J connectivity index is 2.30. The molecular weight excluding hydrogens is 174 g/mol. The van der Waals surface area contributed by atoms with Gasteiger partial charge in [0.2, 0.25) is 0 Å². The number of imidazole rings is 1. The van der Waals surface area contributed by atoms with E-state index in [2.05, 4.69) is 22.7 Å². The van der Waals surface area contributed by atoms with Gasteiger partial charge in [-0.2, -0.15) is 0 Å². The van der Waals surface area contributed by atoms with Crippen LogP contribution < -0.4 is 5.73 Å². The lowest BCUT2D eigenvalue weighted by Gasteiger charge is -2.06. The van der Waals surface area contributed by atoms with Crippen LogP contribution in [0.2, 0.25) is 0 Å². The number of unbranched alkanes of at least 4 members (excludes halogenated alkanes) is 3. The highest BCUT2D eigenvalue weighted by Gasteiger charge is 2.00. The number of nitrogens with zero attached hydrogens (tertiary/aromatic N) is 2. The highest BCUT2D eigenvalue weighted by atomic mass is 15.1. The third kappa shape index (κ3) is 3.50. The summed E-state index contributed by atoms with van der Waals surface area (Å²) in [6.45, 7) is 4.01. The van der Waals surface area contributed by atoms with Gasteiger partial charge >= 0.3 is 0 Å². The van der Waals surface area contributed by atoms with Gasteiger partial charge in [-0.25, -0.2) is 4.98 Å². The summed E-state index contributed by atoms with van der Waals surface area (Å²) in [5.74, 6) is 1.13. The monoisotopic (exact) mass is 195 g/mol. The average molecular weight is 195 g/mol. The zero-order valence-corrected chi connectivity index (χ0v) is 9.08. The summed E-state index contributed by atoms with van der Waals surface area (Å²) in [6, 6.07) is 0. The number of rotatable bonds is 7. The number of hydrogen-bond acceptors (Lipinski definition) is 2. The molecule has 0 fully saturated rings. The summed E-state index contributed by atoms with van der Waals surface area (Å²) in [7, 11) is 0. The van der Waals surface area contributed by atoms with Crippen LogP contribution in [0.25, 0.3) is 0 Å². The predicted molar refractivity (Wildman–Crippen MR) is 59.1 cm³/mol. The van der Waals surface area contributed by atoms with E-state index in [1.165, 1.54) is 25.7 Å². The fourth-order valence-corrected chi connectivity index (χ4v) is 1.61. The van der Waals surface area contributed by atoms with Crippen LogP contribution in [0.15, 0.2) is 12.4 Å². The van der Waals surface area contributed by atoms with Crippen LogP contribution >= 0.6 is 0 Å². The SMILES string of the molecule is CCCCCCn1ccnc1CCN. The quantitative estimate of drug-likeness (QED) is 0.676. The lowest BCUT2D eigenvalue weighted by atomic mass is 10.2. The molecule has 0 amide bonds. The van der Waals surface area contributed by atoms with E-state index >= 15 is 0 Å². The maximum absolute atomic E-state index is 5.51. The minimum Gasteiger partial charge on any atom is -0.335 e. The zero-order chi connectivity index (χ0) is 10.2. The van der Waals surface area contributed by atoms with Crippen molar-refractivity contribution in [2.75, 3.05) is 6.54 Å². The minimum atomic E-state index is 0.686. The molecule has 1 aromatic heterocycles. The van der Waals surface area contributed by atoms with Crippen molar-refractivity contribution in [2.24, 2.45) is 5.73 Å². The maximum Gasteiger partial charge on any atom is 0.109 e. The number of aryl methyl sites for hydroxylation is 1. The molecule has 2 N–H and O–H groups in total. The molecule has 14 heavy (non-hydrogen) atoms. The van der Waals surface area contributed by atoms with E-state index in [4.69, 9.17) is 5.73 Å². The molecule has 3 nitrogen and oxygen atoms in total. The molecule has 80 valence electrons. The lowest BCUT2D eigenvalue weighted by molar-refractivity contribution is 0.564. The summed E-state index contributed by atoms with van der Waals surface area (Å²) < 4.78 is 2.22. The molecule has 0 aromatic carbocycles. The first-order chi connectivity index (χ1) is 6.88. The molecule has 0 bridgehead atoms. The molecule has 0 aliphatic rings. The van der Waals surface area contributed by atoms with Crippen LogP contribution in [0.3, 0.4) is 0 Å². The molecule has 0 radical (unpaired) electrons. The van der Waals surface area contributed by atoms with Crippen molar-refractivity contribution >= 4 is 0 Å². The normalized spacial score (nSPS) is 10.7. The Kier molecular flexibility index (Phi) is 5.30. The second kappa shape index (κ2) is 6.60. The smallest absolute Gasteiger partial charge is 0.109 e. The molecular formula is C11H21N3. The van der Waals surface area contributed by atoms with Gasteiger partial charge in [-0.15, -0.1) is 0 Å². The lowest BCUT2D eigenvalue weighted by Crippen LogP contribution is -2.09. The molecule has 0 spiro atoms. The minimum absolute atomic E-state index is 0.686. The van der Waals surface area contributed by atoms with Crippen LogP contribution in [-0.4, -0.2) is 16.1 Å². The van der Waals surface area contributed by atoms with E-state index in [0.29, 0.717) is 6.54 Å². The van der Waals surface area contributed by atoms with E-state index in [1.54, 1.807) is 0 Å². The molecule has 1 aromatic rings. The Labute approximate surface area is 86.3 Å². The van der Waals surface area contributed by atoms with E-state index in [0.717, 1.165) is 18.8 Å². The van der Waals surface area contributed by atoms with Crippen LogP contribution in [0.4, 0.5) is 0 Å². The Morgan fingerprint density at radius 3 is 2.93 bits per heavy atom. The molecule has 0 atom stereocenters. The Bertz CT molecular complexity index is 242. The first kappa shape index (κ1) is 11.2. The van der Waals surface area contributed by atoms with E-state index < -0.39 is 0 Å². The molecule has 0 aliphatic carbocycles. The molecule has 0 saturated heterocycles. The molecule has 0 saturated carbocycles. The summed E-state index contributed by atoms with van der Waals surface area (Å²) >= 11 is 0. The molecule has 1 rings (SSSR count). The van der Waals surface area contributed by atoms with Crippen LogP contribution in [0.5, 0.6) is 0 Å². The Hall–Kier alpha value is -0.830. The van der Waals surface area contributed by atoms with Gasteiger partial charge in [0.05, 0.1) is 0 Å². The summed E-state index contributed by atoms with van der Waals surface area (Å²) in [6.07, 6.45) is 10.0. The molecule has 0 aliphatic heterocycles. The molecule has 1 heterocycles. The van der Waals surface area contributed by atoms with Crippen LogP contribution in [0.1, 0.15) is 38.4 Å². The van der Waals surface area contributed by atoms with Gasteiger partial charge in [-0.05, 0) is 13.0 Å². The summed E-state index contributed by atoms with van der Waals surface area (Å²) in [4.78, 5) is 4.29.